The highest BCUT2D eigenvalue weighted by molar-refractivity contribution is 7.99. The van der Waals surface area contributed by atoms with Crippen molar-refractivity contribution in [3.63, 3.8) is 0 Å². The van der Waals surface area contributed by atoms with E-state index < -0.39 is 0 Å². The van der Waals surface area contributed by atoms with Crippen molar-refractivity contribution in [1.82, 2.24) is 20.1 Å². The zero-order chi connectivity index (χ0) is 21.6. The van der Waals surface area contributed by atoms with Crippen LogP contribution < -0.4 is 10.1 Å². The number of carbonyl (C=O) groups is 1. The Balaban J connectivity index is 1.15. The summed E-state index contributed by atoms with van der Waals surface area (Å²) in [6, 6.07) is 5.09. The van der Waals surface area contributed by atoms with Crippen LogP contribution in [0.2, 0.25) is 10.0 Å². The van der Waals surface area contributed by atoms with Crippen LogP contribution in [0.5, 0.6) is 5.75 Å². The molecule has 9 heteroatoms. The minimum atomic E-state index is 0.0448. The molecule has 166 valence electrons. The first-order valence-corrected chi connectivity index (χ1v) is 12.5. The van der Waals surface area contributed by atoms with Gasteiger partial charge in [0.2, 0.25) is 5.91 Å². The first-order chi connectivity index (χ1) is 14.9. The molecule has 2 aromatic rings. The van der Waals surface area contributed by atoms with Crippen LogP contribution in [-0.4, -0.2) is 32.0 Å². The van der Waals surface area contributed by atoms with Crippen LogP contribution in [0, 0.1) is 17.8 Å². The summed E-state index contributed by atoms with van der Waals surface area (Å²) in [6.07, 6.45) is 7.59. The number of aromatic nitrogens is 3. The second-order valence-electron chi connectivity index (χ2n) is 9.36. The number of rotatable bonds is 7. The van der Waals surface area contributed by atoms with Crippen molar-refractivity contribution < 1.29 is 9.53 Å². The molecule has 0 radical (unpaired) electrons. The Labute approximate surface area is 196 Å². The van der Waals surface area contributed by atoms with Gasteiger partial charge in [0, 0.05) is 17.6 Å². The number of carbonyl (C=O) groups excluding carboxylic acids is 1. The lowest BCUT2D eigenvalue weighted by Crippen LogP contribution is -2.60. The van der Waals surface area contributed by atoms with E-state index in [9.17, 15) is 4.79 Å². The molecule has 1 amide bonds. The molecule has 4 fully saturated rings. The number of amides is 1. The Hall–Kier alpha value is -1.44. The van der Waals surface area contributed by atoms with Gasteiger partial charge in [-0.05, 0) is 74.5 Å². The first kappa shape index (κ1) is 21.4. The molecule has 6 nitrogen and oxygen atoms in total. The Morgan fingerprint density at radius 2 is 1.87 bits per heavy atom. The third-order valence-electron chi connectivity index (χ3n) is 6.95. The molecule has 4 aliphatic carbocycles. The van der Waals surface area contributed by atoms with Gasteiger partial charge in [0.05, 0.1) is 10.8 Å². The van der Waals surface area contributed by atoms with Gasteiger partial charge >= 0.3 is 0 Å². The fraction of sp³-hybridized carbons (Fsp3) is 0.591. The quantitative estimate of drug-likeness (QED) is 0.571. The highest BCUT2D eigenvalue weighted by Crippen LogP contribution is 2.55. The Morgan fingerprint density at radius 1 is 1.19 bits per heavy atom. The van der Waals surface area contributed by atoms with Gasteiger partial charge in [0.1, 0.15) is 12.4 Å². The van der Waals surface area contributed by atoms with Crippen LogP contribution in [-0.2, 0) is 18.4 Å². The number of hydrogen-bond donors (Lipinski definition) is 1. The SMILES string of the molecule is Cn1c(COc2ccc(Cl)cc2Cl)nnc1SCC(=O)NC12CC3CC(CC(C3)C1)C2. The molecule has 0 unspecified atom stereocenters. The number of nitrogens with one attached hydrogen (secondary N) is 1. The number of nitrogens with zero attached hydrogens (tertiary/aromatic N) is 3. The predicted octanol–water partition coefficient (Wildman–Crippen LogP) is 4.88. The van der Waals surface area contributed by atoms with Crippen molar-refractivity contribution in [3.8, 4) is 5.75 Å². The number of benzene rings is 1. The molecule has 4 aliphatic rings. The molecule has 1 N–H and O–H groups in total. The summed E-state index contributed by atoms with van der Waals surface area (Å²) in [5, 5.41) is 13.5. The standard InChI is InChI=1S/C22H26Cl2N4O2S/c1-28-19(11-30-18-3-2-16(23)7-17(18)24)26-27-21(28)31-12-20(29)25-22-8-13-4-14(9-22)6-15(5-13)10-22/h2-3,7,13-15H,4-6,8-12H2,1H3,(H,25,29). The van der Waals surface area contributed by atoms with Crippen LogP contribution in [0.25, 0.3) is 0 Å². The van der Waals surface area contributed by atoms with Crippen molar-refractivity contribution in [2.75, 3.05) is 5.75 Å². The molecule has 0 spiro atoms. The Kier molecular flexibility index (Phi) is 5.86. The summed E-state index contributed by atoms with van der Waals surface area (Å²) in [5.41, 5.74) is 0.0448. The maximum atomic E-state index is 12.8. The van der Waals surface area contributed by atoms with E-state index in [2.05, 4.69) is 15.5 Å². The lowest BCUT2D eigenvalue weighted by Gasteiger charge is -2.56. The van der Waals surface area contributed by atoms with Gasteiger partial charge in [-0.15, -0.1) is 10.2 Å². The summed E-state index contributed by atoms with van der Waals surface area (Å²) in [6.45, 7) is 0.227. The fourth-order valence-corrected chi connectivity index (χ4v) is 7.25. The van der Waals surface area contributed by atoms with Crippen molar-refractivity contribution in [2.45, 2.75) is 55.8 Å². The smallest absolute Gasteiger partial charge is 0.230 e. The Bertz CT molecular complexity index is 961. The molecule has 4 saturated carbocycles. The molecule has 0 aliphatic heterocycles. The molecule has 1 aromatic carbocycles. The molecule has 31 heavy (non-hydrogen) atoms. The van der Waals surface area contributed by atoms with E-state index in [1.54, 1.807) is 18.2 Å². The monoisotopic (exact) mass is 480 g/mol. The molecule has 4 bridgehead atoms. The number of halogens is 2. The number of hydrogen-bond acceptors (Lipinski definition) is 5. The van der Waals surface area contributed by atoms with Gasteiger partial charge < -0.3 is 14.6 Å². The summed E-state index contributed by atoms with van der Waals surface area (Å²) in [7, 11) is 1.88. The molecular weight excluding hydrogens is 455 g/mol. The van der Waals surface area contributed by atoms with E-state index in [1.165, 1.54) is 31.0 Å². The summed E-state index contributed by atoms with van der Waals surface area (Å²) in [5.74, 6) is 4.09. The lowest BCUT2D eigenvalue weighted by atomic mass is 9.53. The van der Waals surface area contributed by atoms with Gasteiger partial charge in [0.25, 0.3) is 0 Å². The minimum Gasteiger partial charge on any atom is -0.484 e. The molecule has 0 atom stereocenters. The van der Waals surface area contributed by atoms with Gasteiger partial charge in [-0.3, -0.25) is 4.79 Å². The maximum Gasteiger partial charge on any atom is 0.230 e. The van der Waals surface area contributed by atoms with Crippen LogP contribution in [0.15, 0.2) is 23.4 Å². The van der Waals surface area contributed by atoms with E-state index in [0.29, 0.717) is 32.5 Å². The molecule has 0 saturated heterocycles. The fourth-order valence-electron chi connectivity index (χ4n) is 6.06. The van der Waals surface area contributed by atoms with Crippen molar-refractivity contribution >= 4 is 40.9 Å². The van der Waals surface area contributed by atoms with E-state index in [-0.39, 0.29) is 18.1 Å². The van der Waals surface area contributed by atoms with Crippen LogP contribution in [0.3, 0.4) is 0 Å². The van der Waals surface area contributed by atoms with Crippen LogP contribution in [0.1, 0.15) is 44.3 Å². The zero-order valence-electron chi connectivity index (χ0n) is 17.4. The second kappa shape index (κ2) is 8.49. The third-order valence-corrected chi connectivity index (χ3v) is 8.50. The highest BCUT2D eigenvalue weighted by atomic mass is 35.5. The van der Waals surface area contributed by atoms with Crippen LogP contribution in [0.4, 0.5) is 0 Å². The highest BCUT2D eigenvalue weighted by Gasteiger charge is 2.51. The molecule has 6 rings (SSSR count). The third kappa shape index (κ3) is 4.55. The first-order valence-electron chi connectivity index (χ1n) is 10.8. The van der Waals surface area contributed by atoms with Gasteiger partial charge in [0.15, 0.2) is 11.0 Å². The van der Waals surface area contributed by atoms with E-state index in [4.69, 9.17) is 27.9 Å². The summed E-state index contributed by atoms with van der Waals surface area (Å²) in [4.78, 5) is 12.8. The number of ether oxygens (including phenoxy) is 1. The van der Waals surface area contributed by atoms with E-state index in [1.807, 2.05) is 11.6 Å². The van der Waals surface area contributed by atoms with Crippen LogP contribution >= 0.6 is 35.0 Å². The second-order valence-corrected chi connectivity index (χ2v) is 11.1. The molecule has 1 aromatic heterocycles. The summed E-state index contributed by atoms with van der Waals surface area (Å²) >= 11 is 13.5. The largest absolute Gasteiger partial charge is 0.484 e. The maximum absolute atomic E-state index is 12.8. The van der Waals surface area contributed by atoms with Crippen molar-refractivity contribution in [1.29, 1.82) is 0 Å². The predicted molar refractivity (Wildman–Crippen MR) is 122 cm³/mol. The zero-order valence-corrected chi connectivity index (χ0v) is 19.8. The van der Waals surface area contributed by atoms with Gasteiger partial charge in [-0.2, -0.15) is 0 Å². The van der Waals surface area contributed by atoms with E-state index >= 15 is 0 Å². The average Bonchev–Trinajstić information content (AvgIpc) is 3.04. The van der Waals surface area contributed by atoms with Crippen molar-refractivity contribution in [2.24, 2.45) is 24.8 Å². The Morgan fingerprint density at radius 3 is 2.52 bits per heavy atom. The van der Waals surface area contributed by atoms with Gasteiger partial charge in [-0.25, -0.2) is 0 Å². The normalized spacial score (nSPS) is 28.7. The van der Waals surface area contributed by atoms with Crippen molar-refractivity contribution in [3.05, 3.63) is 34.1 Å². The molecular formula is C22H26Cl2N4O2S. The average molecular weight is 481 g/mol. The number of thioether (sulfide) groups is 1. The lowest BCUT2D eigenvalue weighted by molar-refractivity contribution is -0.124. The van der Waals surface area contributed by atoms with Gasteiger partial charge in [-0.1, -0.05) is 35.0 Å². The topological polar surface area (TPSA) is 69.0 Å². The molecule has 1 heterocycles. The minimum absolute atomic E-state index is 0.0448. The van der Waals surface area contributed by atoms with E-state index in [0.717, 1.165) is 37.0 Å². The summed E-state index contributed by atoms with van der Waals surface area (Å²) < 4.78 is 7.61.